The second-order valence-electron chi connectivity index (χ2n) is 15.7. The van der Waals surface area contributed by atoms with E-state index in [1.54, 1.807) is 27.7 Å². The molecule has 23 heteroatoms. The van der Waals surface area contributed by atoms with Crippen molar-refractivity contribution in [1.82, 2.24) is 40.0 Å². The molecule has 0 radical (unpaired) electrons. The number of hydrogen-bond acceptors (Lipinski definition) is 16. The average molecular weight is 846 g/mol. The minimum Gasteiger partial charge on any atom is -0.465 e. The normalized spacial score (nSPS) is 23.9. The Morgan fingerprint density at radius 1 is 1.14 bits per heavy atom. The molecule has 2 saturated heterocycles. The quantitative estimate of drug-likeness (QED) is 0.0712. The van der Waals surface area contributed by atoms with Crippen LogP contribution in [0, 0.1) is 0 Å². The van der Waals surface area contributed by atoms with Crippen LogP contribution in [0.5, 0.6) is 0 Å². The molecular formula is C33H53ClN9O11PSi. The van der Waals surface area contributed by atoms with E-state index in [1.165, 1.54) is 20.6 Å². The number of fused-ring (bicyclic) bond motifs is 2. The summed E-state index contributed by atoms with van der Waals surface area (Å²) >= 11 is 6.43. The van der Waals surface area contributed by atoms with Gasteiger partial charge < -0.3 is 42.9 Å². The van der Waals surface area contributed by atoms with E-state index in [0.29, 0.717) is 24.8 Å². The molecule has 5 atom stereocenters. The van der Waals surface area contributed by atoms with Crippen LogP contribution in [-0.2, 0) is 50.4 Å². The average Bonchev–Trinajstić information content (AvgIpc) is 3.96. The molecule has 3 aromatic rings. The lowest BCUT2D eigenvalue weighted by Crippen LogP contribution is -2.44. The Bertz CT molecular complexity index is 1870. The summed E-state index contributed by atoms with van der Waals surface area (Å²) in [5.74, 6) is -0.818. The Hall–Kier alpha value is -2.69. The van der Waals surface area contributed by atoms with Crippen LogP contribution in [0.3, 0.4) is 0 Å². The Morgan fingerprint density at radius 3 is 2.48 bits per heavy atom. The van der Waals surface area contributed by atoms with E-state index in [9.17, 15) is 19.6 Å². The monoisotopic (exact) mass is 845 g/mol. The first kappa shape index (κ1) is 42.9. The molecule has 3 fully saturated rings. The molecule has 1 unspecified atom stereocenters. The van der Waals surface area contributed by atoms with Gasteiger partial charge in [-0.1, -0.05) is 32.5 Å². The van der Waals surface area contributed by atoms with Crippen LogP contribution in [0.4, 0.5) is 10.6 Å². The van der Waals surface area contributed by atoms with Gasteiger partial charge in [0.05, 0.1) is 44.4 Å². The van der Waals surface area contributed by atoms with Crippen molar-refractivity contribution in [2.75, 3.05) is 37.9 Å². The zero-order valence-corrected chi connectivity index (χ0v) is 35.5. The van der Waals surface area contributed by atoms with Gasteiger partial charge in [-0.05, 0) is 63.4 Å². The van der Waals surface area contributed by atoms with Crippen LogP contribution in [0.15, 0.2) is 6.20 Å². The molecule has 0 bridgehead atoms. The fourth-order valence-corrected chi connectivity index (χ4v) is 10.1. The third kappa shape index (κ3) is 9.12. The molecule has 0 spiro atoms. The van der Waals surface area contributed by atoms with Crippen molar-refractivity contribution in [2.24, 2.45) is 0 Å². The van der Waals surface area contributed by atoms with Crippen LogP contribution in [0.2, 0.25) is 31.0 Å². The second-order valence-corrected chi connectivity index (χ2v) is 24.0. The fourth-order valence-electron chi connectivity index (χ4n) is 7.27. The van der Waals surface area contributed by atoms with Crippen molar-refractivity contribution in [3.05, 3.63) is 17.3 Å². The standard InChI is InChI=1S/C33H53ClN9O11PSi/c1-8-50-55(47,51-9-2)33(19-44,16-24-38-40-41(39-24)20-48-14-15-56(5,6)7)49-18-23-25-26(54-32(3,4)53-25)29(52-23)43-28-22(17-35-43)27(36-30(34)37-28)42(31(45)46)21-12-10-11-13-21/h17,21,23,25-26,29,44H,8-16,18-20H2,1-7H3,(H,45,46)/t23-,25-,26-,29-,33?/m1/s1. The lowest BCUT2D eigenvalue weighted by molar-refractivity contribution is -0.207. The van der Waals surface area contributed by atoms with E-state index >= 15 is 0 Å². The number of rotatable bonds is 19. The largest absolute Gasteiger partial charge is 0.465 e. The molecule has 6 rings (SSSR count). The van der Waals surface area contributed by atoms with E-state index in [1.807, 2.05) is 0 Å². The molecule has 20 nitrogen and oxygen atoms in total. The predicted octanol–water partition coefficient (Wildman–Crippen LogP) is 4.84. The number of hydrogen-bond donors (Lipinski definition) is 2. The summed E-state index contributed by atoms with van der Waals surface area (Å²) in [7, 11) is -5.56. The number of carbonyl (C=O) groups is 1. The molecule has 1 aliphatic carbocycles. The molecular weight excluding hydrogens is 793 g/mol. The maximum absolute atomic E-state index is 14.6. The highest BCUT2D eigenvalue weighted by molar-refractivity contribution is 7.55. The SMILES string of the molecule is CCOP(=O)(OCC)C(CO)(Cc1nnn(COCC[Si](C)(C)C)n1)OC[C@H]1O[C@@H](n2ncc3c(N(C(=O)O)C4CCCC4)nc(Cl)nc32)[C@@H]2OC(C)(C)O[C@@H]21. The zero-order chi connectivity index (χ0) is 40.5. The van der Waals surface area contributed by atoms with Crippen LogP contribution in [0.25, 0.3) is 11.0 Å². The van der Waals surface area contributed by atoms with Gasteiger partial charge in [0, 0.05) is 20.7 Å². The van der Waals surface area contributed by atoms with Crippen molar-refractivity contribution >= 4 is 50.2 Å². The summed E-state index contributed by atoms with van der Waals surface area (Å²) in [6.07, 6.45) is -0.156. The van der Waals surface area contributed by atoms with E-state index in [-0.39, 0.29) is 61.6 Å². The van der Waals surface area contributed by atoms with Crippen molar-refractivity contribution in [1.29, 1.82) is 0 Å². The summed E-state index contributed by atoms with van der Waals surface area (Å²) in [6, 6.07) is 0.692. The highest BCUT2D eigenvalue weighted by atomic mass is 35.5. The maximum atomic E-state index is 14.6. The Kier molecular flexibility index (Phi) is 13.2. The minimum atomic E-state index is -4.25. The molecule has 3 aliphatic rings. The lowest BCUT2D eigenvalue weighted by atomic mass is 10.1. The van der Waals surface area contributed by atoms with Gasteiger partial charge in [-0.15, -0.1) is 15.0 Å². The maximum Gasteiger partial charge on any atom is 0.413 e. The second kappa shape index (κ2) is 17.3. The van der Waals surface area contributed by atoms with Gasteiger partial charge in [0.2, 0.25) is 5.28 Å². The third-order valence-corrected chi connectivity index (χ3v) is 14.4. The van der Waals surface area contributed by atoms with E-state index in [4.69, 9.17) is 44.3 Å². The van der Waals surface area contributed by atoms with Gasteiger partial charge in [-0.3, -0.25) is 9.46 Å². The fraction of sp³-hybridized carbons (Fsp3) is 0.788. The first-order chi connectivity index (χ1) is 26.5. The first-order valence-electron chi connectivity index (χ1n) is 18.9. The number of aromatic nitrogens is 8. The first-order valence-corrected chi connectivity index (χ1v) is 24.6. The van der Waals surface area contributed by atoms with Crippen molar-refractivity contribution < 1.29 is 52.3 Å². The van der Waals surface area contributed by atoms with Crippen LogP contribution >= 0.6 is 19.2 Å². The number of halogens is 1. The lowest BCUT2D eigenvalue weighted by Gasteiger charge is -2.37. The number of amides is 1. The van der Waals surface area contributed by atoms with Crippen LogP contribution < -0.4 is 4.90 Å². The summed E-state index contributed by atoms with van der Waals surface area (Å²) in [5, 5.41) is 36.7. The summed E-state index contributed by atoms with van der Waals surface area (Å²) < 4.78 is 58.9. The zero-order valence-electron chi connectivity index (χ0n) is 32.9. The van der Waals surface area contributed by atoms with Gasteiger partial charge in [0.15, 0.2) is 41.4 Å². The molecule has 2 aliphatic heterocycles. The Morgan fingerprint density at radius 2 is 1.84 bits per heavy atom. The third-order valence-electron chi connectivity index (χ3n) is 9.89. The number of carboxylic acid groups (broad SMARTS) is 1. The molecule has 1 saturated carbocycles. The molecule has 312 valence electrons. The van der Waals surface area contributed by atoms with Crippen molar-refractivity contribution in [2.45, 2.75) is 134 Å². The summed E-state index contributed by atoms with van der Waals surface area (Å²) in [4.78, 5) is 23.8. The van der Waals surface area contributed by atoms with Crippen LogP contribution in [0.1, 0.15) is 65.4 Å². The molecule has 1 amide bonds. The number of tetrazole rings is 1. The molecule has 0 aromatic carbocycles. The van der Waals surface area contributed by atoms with Crippen molar-refractivity contribution in [3.8, 4) is 0 Å². The summed E-state index contributed by atoms with van der Waals surface area (Å²) in [5.41, 5.74) is 0.225. The number of anilines is 1. The van der Waals surface area contributed by atoms with Gasteiger partial charge in [-0.25, -0.2) is 9.48 Å². The highest BCUT2D eigenvalue weighted by Crippen LogP contribution is 2.62. The smallest absolute Gasteiger partial charge is 0.413 e. The number of aliphatic hydroxyl groups is 1. The number of ether oxygens (including phenoxy) is 5. The molecule has 3 aromatic heterocycles. The van der Waals surface area contributed by atoms with Gasteiger partial charge in [-0.2, -0.15) is 15.1 Å². The van der Waals surface area contributed by atoms with E-state index < -0.39 is 64.0 Å². The summed E-state index contributed by atoms with van der Waals surface area (Å²) in [6.45, 7) is 13.1. The number of nitrogens with zero attached hydrogens (tertiary/aromatic N) is 9. The Labute approximate surface area is 330 Å². The molecule has 2 N–H and O–H groups in total. The van der Waals surface area contributed by atoms with Gasteiger partial charge in [0.1, 0.15) is 18.3 Å². The van der Waals surface area contributed by atoms with E-state index in [0.717, 1.165) is 18.9 Å². The topological polar surface area (TPSA) is 230 Å². The van der Waals surface area contributed by atoms with Crippen molar-refractivity contribution in [3.63, 3.8) is 0 Å². The predicted molar refractivity (Wildman–Crippen MR) is 203 cm³/mol. The highest BCUT2D eigenvalue weighted by Gasteiger charge is 2.59. The van der Waals surface area contributed by atoms with Gasteiger partial charge >= 0.3 is 13.7 Å². The van der Waals surface area contributed by atoms with Crippen LogP contribution in [-0.4, -0.2) is 133 Å². The molecule has 5 heterocycles. The van der Waals surface area contributed by atoms with Gasteiger partial charge in [0.25, 0.3) is 0 Å². The minimum absolute atomic E-state index is 0.00981. The van der Waals surface area contributed by atoms with E-state index in [2.05, 4.69) is 50.1 Å². The number of aliphatic hydroxyl groups excluding tert-OH is 1. The molecule has 56 heavy (non-hydrogen) atoms. The Balaban J connectivity index is 1.28.